The molecule has 1 unspecified atom stereocenters. The Morgan fingerprint density at radius 3 is 2.18 bits per heavy atom. The number of urea groups is 1. The number of carbonyl (C=O) groups excluding carboxylic acids is 2. The van der Waals surface area contributed by atoms with Crippen LogP contribution in [0.25, 0.3) is 0 Å². The lowest BCUT2D eigenvalue weighted by molar-refractivity contribution is 0.0616. The van der Waals surface area contributed by atoms with E-state index in [2.05, 4.69) is 40.5 Å². The van der Waals surface area contributed by atoms with Crippen LogP contribution in [0.2, 0.25) is 10.0 Å². The molecule has 1 atom stereocenters. The number of benzene rings is 3. The quantitative estimate of drug-likeness (QED) is 0.242. The molecular formula is C37H46Cl2N4O2. The van der Waals surface area contributed by atoms with Crippen molar-refractivity contribution in [3.8, 4) is 0 Å². The first-order valence-electron chi connectivity index (χ1n) is 16.4. The average molecular weight is 650 g/mol. The Morgan fingerprint density at radius 1 is 0.844 bits per heavy atom. The van der Waals surface area contributed by atoms with Crippen molar-refractivity contribution in [1.29, 1.82) is 0 Å². The van der Waals surface area contributed by atoms with Gasteiger partial charge in [-0.25, -0.2) is 4.79 Å². The molecule has 2 heterocycles. The maximum absolute atomic E-state index is 13.6. The van der Waals surface area contributed by atoms with Gasteiger partial charge in [-0.2, -0.15) is 0 Å². The molecule has 2 aliphatic rings. The van der Waals surface area contributed by atoms with Crippen molar-refractivity contribution in [3.63, 3.8) is 0 Å². The van der Waals surface area contributed by atoms with Crippen LogP contribution in [0.1, 0.15) is 73.9 Å². The smallest absolute Gasteiger partial charge is 0.318 e. The van der Waals surface area contributed by atoms with Gasteiger partial charge in [-0.05, 0) is 88.2 Å². The van der Waals surface area contributed by atoms with Gasteiger partial charge in [0.15, 0.2) is 0 Å². The molecule has 3 amide bonds. The van der Waals surface area contributed by atoms with E-state index in [4.69, 9.17) is 23.2 Å². The minimum absolute atomic E-state index is 0.00421. The van der Waals surface area contributed by atoms with Gasteiger partial charge in [0.2, 0.25) is 0 Å². The molecule has 2 saturated heterocycles. The number of rotatable bonds is 10. The van der Waals surface area contributed by atoms with Crippen molar-refractivity contribution in [2.45, 2.75) is 63.3 Å². The van der Waals surface area contributed by atoms with E-state index in [9.17, 15) is 9.59 Å². The molecule has 0 saturated carbocycles. The highest BCUT2D eigenvalue weighted by Crippen LogP contribution is 2.44. The van der Waals surface area contributed by atoms with Gasteiger partial charge in [0.25, 0.3) is 5.91 Å². The third-order valence-corrected chi connectivity index (χ3v) is 10.8. The lowest BCUT2D eigenvalue weighted by Crippen LogP contribution is -2.56. The van der Waals surface area contributed by atoms with Crippen molar-refractivity contribution in [1.82, 2.24) is 20.0 Å². The number of amides is 3. The highest BCUT2D eigenvalue weighted by molar-refractivity contribution is 6.42. The molecule has 8 heteroatoms. The third kappa shape index (κ3) is 7.51. The fourth-order valence-electron chi connectivity index (χ4n) is 7.38. The standard InChI is InChI=1S/C37H46Cl2N4O2/c1-3-42(4-2)35(45)40-37(30-16-9-6-10-17-30)22-26-41(27-23-37)24-12-20-36(31-18-11-19-32(38)33(31)39)21-13-25-43(28-36)34(44)29-14-7-5-8-15-29/h5-11,14-19H,3-4,12-13,20-28H2,1-2H3,(H,40,45). The Bertz CT molecular complexity index is 1420. The molecule has 3 aromatic carbocycles. The molecule has 0 spiro atoms. The molecule has 0 aromatic heterocycles. The van der Waals surface area contributed by atoms with E-state index in [0.717, 1.165) is 70.3 Å². The molecule has 0 bridgehead atoms. The molecule has 1 N–H and O–H groups in total. The zero-order valence-corrected chi connectivity index (χ0v) is 28.1. The predicted molar refractivity (Wildman–Crippen MR) is 184 cm³/mol. The van der Waals surface area contributed by atoms with E-state index < -0.39 is 0 Å². The topological polar surface area (TPSA) is 55.9 Å². The normalized spacial score (nSPS) is 20.0. The first-order valence-corrected chi connectivity index (χ1v) is 17.2. The van der Waals surface area contributed by atoms with Crippen LogP contribution in [-0.2, 0) is 11.0 Å². The average Bonchev–Trinajstić information content (AvgIpc) is 3.08. The lowest BCUT2D eigenvalue weighted by atomic mass is 9.70. The zero-order chi connectivity index (χ0) is 31.9. The molecule has 6 nitrogen and oxygen atoms in total. The van der Waals surface area contributed by atoms with Gasteiger partial charge in [0, 0.05) is 50.2 Å². The highest BCUT2D eigenvalue weighted by Gasteiger charge is 2.41. The second-order valence-electron chi connectivity index (χ2n) is 12.6. The van der Waals surface area contributed by atoms with Gasteiger partial charge in [0.1, 0.15) is 0 Å². The van der Waals surface area contributed by atoms with E-state index >= 15 is 0 Å². The van der Waals surface area contributed by atoms with Crippen molar-refractivity contribution < 1.29 is 9.59 Å². The van der Waals surface area contributed by atoms with E-state index in [1.807, 2.05) is 72.2 Å². The molecule has 0 aliphatic carbocycles. The number of nitrogens with one attached hydrogen (secondary N) is 1. The summed E-state index contributed by atoms with van der Waals surface area (Å²) < 4.78 is 0. The number of hydrogen-bond acceptors (Lipinski definition) is 3. The van der Waals surface area contributed by atoms with Gasteiger partial charge in [0.05, 0.1) is 15.6 Å². The number of piperidine rings is 2. The Kier molecular flexibility index (Phi) is 11.1. The minimum Gasteiger partial charge on any atom is -0.338 e. The van der Waals surface area contributed by atoms with Crippen molar-refractivity contribution in [2.24, 2.45) is 0 Å². The van der Waals surface area contributed by atoms with Gasteiger partial charge < -0.3 is 20.0 Å². The van der Waals surface area contributed by atoms with E-state index in [1.54, 1.807) is 0 Å². The van der Waals surface area contributed by atoms with Crippen LogP contribution in [0, 0.1) is 0 Å². The number of carbonyl (C=O) groups is 2. The third-order valence-electron chi connectivity index (χ3n) is 9.97. The van der Waals surface area contributed by atoms with Crippen LogP contribution >= 0.6 is 23.2 Å². The summed E-state index contributed by atoms with van der Waals surface area (Å²) in [4.78, 5) is 33.2. The molecule has 45 heavy (non-hydrogen) atoms. The van der Waals surface area contributed by atoms with Gasteiger partial charge in [-0.1, -0.05) is 83.9 Å². The molecular weight excluding hydrogens is 603 g/mol. The maximum atomic E-state index is 13.6. The molecule has 3 aromatic rings. The lowest BCUT2D eigenvalue weighted by Gasteiger charge is -2.45. The van der Waals surface area contributed by atoms with E-state index in [-0.39, 0.29) is 22.9 Å². The summed E-state index contributed by atoms with van der Waals surface area (Å²) in [5, 5.41) is 4.60. The zero-order valence-electron chi connectivity index (χ0n) is 26.6. The molecule has 5 rings (SSSR count). The SMILES string of the molecule is CCN(CC)C(=O)NC1(c2ccccc2)CCN(CCCC2(c3cccc(Cl)c3Cl)CCCN(C(=O)c3ccccc3)C2)CC1. The second kappa shape index (κ2) is 15.0. The number of likely N-dealkylation sites (tertiary alicyclic amines) is 2. The summed E-state index contributed by atoms with van der Waals surface area (Å²) in [5.74, 6) is 0.0675. The van der Waals surface area contributed by atoms with Crippen molar-refractivity contribution in [2.75, 3.05) is 45.8 Å². The van der Waals surface area contributed by atoms with E-state index in [0.29, 0.717) is 35.2 Å². The summed E-state index contributed by atoms with van der Waals surface area (Å²) in [6.07, 6.45) is 5.46. The Balaban J connectivity index is 1.29. The van der Waals surface area contributed by atoms with Gasteiger partial charge in [-0.3, -0.25) is 4.79 Å². The second-order valence-corrected chi connectivity index (χ2v) is 13.4. The number of hydrogen-bond donors (Lipinski definition) is 1. The first-order chi connectivity index (χ1) is 21.8. The summed E-state index contributed by atoms with van der Waals surface area (Å²) in [5.41, 5.74) is 2.28. The number of halogens is 2. The van der Waals surface area contributed by atoms with Gasteiger partial charge >= 0.3 is 6.03 Å². The van der Waals surface area contributed by atoms with Crippen LogP contribution in [0.3, 0.4) is 0 Å². The fourth-order valence-corrected chi connectivity index (χ4v) is 7.88. The first kappa shape index (κ1) is 33.3. The maximum Gasteiger partial charge on any atom is 0.318 e. The molecule has 2 fully saturated rings. The monoisotopic (exact) mass is 648 g/mol. The summed E-state index contributed by atoms with van der Waals surface area (Å²) in [6.45, 7) is 9.52. The highest BCUT2D eigenvalue weighted by atomic mass is 35.5. The minimum atomic E-state index is -0.380. The molecule has 0 radical (unpaired) electrons. The van der Waals surface area contributed by atoms with Crippen molar-refractivity contribution in [3.05, 3.63) is 106 Å². The largest absolute Gasteiger partial charge is 0.338 e. The number of nitrogens with zero attached hydrogens (tertiary/aromatic N) is 3. The van der Waals surface area contributed by atoms with Crippen LogP contribution < -0.4 is 5.32 Å². The predicted octanol–water partition coefficient (Wildman–Crippen LogP) is 7.99. The van der Waals surface area contributed by atoms with Crippen molar-refractivity contribution >= 4 is 35.1 Å². The summed E-state index contributed by atoms with van der Waals surface area (Å²) >= 11 is 13.4. The molecule has 240 valence electrons. The summed E-state index contributed by atoms with van der Waals surface area (Å²) in [6, 6.07) is 25.9. The fraction of sp³-hybridized carbons (Fsp3) is 0.459. The van der Waals surface area contributed by atoms with Crippen LogP contribution in [0.4, 0.5) is 4.79 Å². The Labute approximate surface area is 278 Å². The Hall–Kier alpha value is -3.06. The van der Waals surface area contributed by atoms with Crippen LogP contribution in [0.15, 0.2) is 78.9 Å². The van der Waals surface area contributed by atoms with E-state index in [1.165, 1.54) is 5.56 Å². The summed E-state index contributed by atoms with van der Waals surface area (Å²) in [7, 11) is 0. The Morgan fingerprint density at radius 2 is 1.51 bits per heavy atom. The van der Waals surface area contributed by atoms with Crippen LogP contribution in [-0.4, -0.2) is 72.5 Å². The van der Waals surface area contributed by atoms with Gasteiger partial charge in [-0.15, -0.1) is 0 Å². The van der Waals surface area contributed by atoms with Crippen LogP contribution in [0.5, 0.6) is 0 Å². The molecule has 2 aliphatic heterocycles.